The highest BCUT2D eigenvalue weighted by atomic mass is 35.5. The van der Waals surface area contributed by atoms with Gasteiger partial charge in [0, 0.05) is 35.0 Å². The van der Waals surface area contributed by atoms with Crippen LogP contribution in [0.1, 0.15) is 104 Å². The number of hydrogen-bond donors (Lipinski definition) is 0. The molecule has 4 atom stereocenters. The minimum Gasteiger partial charge on any atom is -0.469 e. The first kappa shape index (κ1) is 40.4. The van der Waals surface area contributed by atoms with Crippen LogP contribution in [0.3, 0.4) is 0 Å². The summed E-state index contributed by atoms with van der Waals surface area (Å²) in [6.45, 7) is 23.0. The molecule has 1 aromatic heterocycles. The first-order chi connectivity index (χ1) is 21.7. The standard InChI is InChI=1S/C38H63ClO5SSi2/c1-36(2,3)46(8,9)43-32-26-31(40)29(18-14-12-13-15-21-35(41)42-7)30(32)19-16-20-33(44-47(10,11)37(4,5)6)38(24-17-25-38)27-28-22-23-34(39)45-28/h12,14,16,19,22-23,29-30,32-33H,13,15,17-18,20-21,24-27H2,1-11H3/t29-,30-,32?,33?/m1/s1. The second-order valence-corrected chi connectivity index (χ2v) is 28.4. The molecule has 2 saturated carbocycles. The van der Waals surface area contributed by atoms with Crippen molar-refractivity contribution in [2.75, 3.05) is 7.11 Å². The lowest BCUT2D eigenvalue weighted by Crippen LogP contribution is -2.52. The van der Waals surface area contributed by atoms with Crippen molar-refractivity contribution in [2.24, 2.45) is 17.3 Å². The fraction of sp³-hybridized carbons (Fsp3) is 0.737. The van der Waals surface area contributed by atoms with Crippen LogP contribution < -0.4 is 0 Å². The summed E-state index contributed by atoms with van der Waals surface area (Å²) in [5, 5.41) is 0.172. The number of carbonyl (C=O) groups excluding carboxylic acids is 2. The van der Waals surface area contributed by atoms with Gasteiger partial charge in [-0.05, 0) is 93.3 Å². The number of hydrogen-bond acceptors (Lipinski definition) is 6. The van der Waals surface area contributed by atoms with Crippen LogP contribution in [-0.4, -0.2) is 47.7 Å². The summed E-state index contributed by atoms with van der Waals surface area (Å²) in [5.74, 6) is 0.0300. The average Bonchev–Trinajstić information content (AvgIpc) is 3.47. The number of esters is 1. The molecule has 0 amide bonds. The van der Waals surface area contributed by atoms with E-state index in [0.29, 0.717) is 25.0 Å². The van der Waals surface area contributed by atoms with E-state index in [1.165, 1.54) is 18.4 Å². The Hall–Kier alpha value is -1.04. The van der Waals surface area contributed by atoms with Crippen molar-refractivity contribution in [3.63, 3.8) is 0 Å². The monoisotopic (exact) mass is 722 g/mol. The number of ketones is 1. The molecule has 47 heavy (non-hydrogen) atoms. The summed E-state index contributed by atoms with van der Waals surface area (Å²) in [4.78, 5) is 26.4. The molecule has 2 aliphatic rings. The second-order valence-electron chi connectivity index (χ2n) is 17.1. The van der Waals surface area contributed by atoms with Crippen LogP contribution in [-0.2, 0) is 29.6 Å². The van der Waals surface area contributed by atoms with Crippen LogP contribution in [0.5, 0.6) is 0 Å². The highest BCUT2D eigenvalue weighted by Crippen LogP contribution is 2.52. The molecule has 0 spiro atoms. The third kappa shape index (κ3) is 10.7. The van der Waals surface area contributed by atoms with E-state index in [1.807, 2.05) is 6.07 Å². The number of Topliss-reactive ketones (excluding diaryl/α,β-unsaturated/α-hetero) is 1. The Morgan fingerprint density at radius 2 is 1.70 bits per heavy atom. The first-order valence-corrected chi connectivity index (χ1v) is 24.7. The van der Waals surface area contributed by atoms with E-state index in [4.69, 9.17) is 25.2 Å². The third-order valence-corrected chi connectivity index (χ3v) is 21.9. The summed E-state index contributed by atoms with van der Waals surface area (Å²) in [7, 11) is -2.72. The molecule has 2 unspecified atom stereocenters. The van der Waals surface area contributed by atoms with Gasteiger partial charge < -0.3 is 13.6 Å². The molecular weight excluding hydrogens is 660 g/mol. The summed E-state index contributed by atoms with van der Waals surface area (Å²) in [5.41, 5.74) is 0.100. The van der Waals surface area contributed by atoms with Crippen LogP contribution in [0.2, 0.25) is 40.6 Å². The van der Waals surface area contributed by atoms with Crippen molar-refractivity contribution in [3.8, 4) is 0 Å². The van der Waals surface area contributed by atoms with Gasteiger partial charge in [-0.15, -0.1) is 11.3 Å². The minimum atomic E-state index is -2.09. The lowest BCUT2D eigenvalue weighted by Gasteiger charge is -2.51. The Morgan fingerprint density at radius 1 is 1.04 bits per heavy atom. The van der Waals surface area contributed by atoms with Crippen LogP contribution in [0.15, 0.2) is 36.4 Å². The Bertz CT molecular complexity index is 1250. The summed E-state index contributed by atoms with van der Waals surface area (Å²) < 4.78 is 19.9. The van der Waals surface area contributed by atoms with Gasteiger partial charge in [0.25, 0.3) is 0 Å². The van der Waals surface area contributed by atoms with Crippen LogP contribution >= 0.6 is 22.9 Å². The van der Waals surface area contributed by atoms with Gasteiger partial charge >= 0.3 is 5.97 Å². The zero-order chi connectivity index (χ0) is 35.3. The maximum absolute atomic E-state index is 13.6. The number of rotatable bonds is 16. The van der Waals surface area contributed by atoms with E-state index in [-0.39, 0.29) is 45.5 Å². The van der Waals surface area contributed by atoms with Crippen molar-refractivity contribution >= 4 is 51.3 Å². The predicted octanol–water partition coefficient (Wildman–Crippen LogP) is 11.3. The zero-order valence-corrected chi connectivity index (χ0v) is 34.7. The molecular formula is C38H63ClO5SSi2. The van der Waals surface area contributed by atoms with Crippen LogP contribution in [0, 0.1) is 17.3 Å². The largest absolute Gasteiger partial charge is 0.469 e. The number of allylic oxidation sites excluding steroid dienone is 2. The summed E-state index contributed by atoms with van der Waals surface area (Å²) >= 11 is 8.06. The normalized spacial score (nSPS) is 23.1. The Balaban J connectivity index is 1.88. The molecule has 5 nitrogen and oxygen atoms in total. The summed E-state index contributed by atoms with van der Waals surface area (Å²) in [6, 6.07) is 4.21. The number of thiophene rings is 1. The smallest absolute Gasteiger partial charge is 0.305 e. The van der Waals surface area contributed by atoms with E-state index >= 15 is 0 Å². The fourth-order valence-electron chi connectivity index (χ4n) is 6.36. The van der Waals surface area contributed by atoms with Gasteiger partial charge in [-0.3, -0.25) is 9.59 Å². The van der Waals surface area contributed by atoms with E-state index in [1.54, 1.807) is 11.3 Å². The third-order valence-electron chi connectivity index (χ3n) is 11.6. The van der Waals surface area contributed by atoms with Crippen LogP contribution in [0.4, 0.5) is 0 Å². The molecule has 0 N–H and O–H groups in total. The highest BCUT2D eigenvalue weighted by Gasteiger charge is 2.50. The first-order valence-electron chi connectivity index (χ1n) is 17.7. The molecule has 0 bridgehead atoms. The lowest BCUT2D eigenvalue weighted by molar-refractivity contribution is -0.140. The second kappa shape index (κ2) is 16.3. The number of carbonyl (C=O) groups is 2. The fourth-order valence-corrected chi connectivity index (χ4v) is 10.4. The number of methoxy groups -OCH3 is 1. The van der Waals surface area contributed by atoms with Crippen molar-refractivity contribution in [2.45, 2.75) is 154 Å². The number of halogens is 1. The van der Waals surface area contributed by atoms with Crippen molar-refractivity contribution in [1.29, 1.82) is 0 Å². The molecule has 1 aromatic rings. The Morgan fingerprint density at radius 3 is 2.23 bits per heavy atom. The average molecular weight is 724 g/mol. The maximum Gasteiger partial charge on any atom is 0.305 e. The molecule has 0 radical (unpaired) electrons. The number of ether oxygens (including phenoxy) is 1. The maximum atomic E-state index is 13.6. The van der Waals surface area contributed by atoms with Gasteiger partial charge in [0.15, 0.2) is 16.6 Å². The Kier molecular flexibility index (Phi) is 14.0. The zero-order valence-electron chi connectivity index (χ0n) is 31.2. The van der Waals surface area contributed by atoms with Crippen molar-refractivity contribution < 1.29 is 23.2 Å². The van der Waals surface area contributed by atoms with E-state index in [0.717, 1.165) is 42.9 Å². The minimum absolute atomic E-state index is 0.0262. The molecule has 0 aliphatic heterocycles. The van der Waals surface area contributed by atoms with Gasteiger partial charge in [0.2, 0.25) is 0 Å². The van der Waals surface area contributed by atoms with Crippen molar-refractivity contribution in [1.82, 2.24) is 0 Å². The molecule has 2 fully saturated rings. The van der Waals surface area contributed by atoms with Crippen molar-refractivity contribution in [3.05, 3.63) is 45.7 Å². The Labute approximate surface area is 297 Å². The molecule has 3 rings (SSSR count). The number of unbranched alkanes of at least 4 members (excludes halogenated alkanes) is 1. The molecule has 266 valence electrons. The molecule has 0 aromatic carbocycles. The lowest BCUT2D eigenvalue weighted by atomic mass is 9.62. The molecule has 1 heterocycles. The SMILES string of the molecule is COC(=O)CCCC=CC[C@H]1C(=O)CC(O[Si](C)(C)C(C)(C)C)[C@@H]1C=CCC(O[Si](C)(C)C(C)(C)C)C1(Cc2ccc(Cl)s2)CCC1. The quantitative estimate of drug-likeness (QED) is 0.0735. The van der Waals surface area contributed by atoms with Gasteiger partial charge in [-0.2, -0.15) is 0 Å². The predicted molar refractivity (Wildman–Crippen MR) is 203 cm³/mol. The molecule has 2 aliphatic carbocycles. The summed E-state index contributed by atoms with van der Waals surface area (Å²) in [6.07, 6.45) is 17.4. The van der Waals surface area contributed by atoms with E-state index in [9.17, 15) is 9.59 Å². The molecule has 9 heteroatoms. The van der Waals surface area contributed by atoms with E-state index < -0.39 is 16.6 Å². The van der Waals surface area contributed by atoms with Gasteiger partial charge in [0.05, 0.1) is 23.7 Å². The highest BCUT2D eigenvalue weighted by molar-refractivity contribution is 7.16. The van der Waals surface area contributed by atoms with Gasteiger partial charge in [-0.25, -0.2) is 0 Å². The molecule has 0 saturated heterocycles. The van der Waals surface area contributed by atoms with Crippen LogP contribution in [0.25, 0.3) is 0 Å². The van der Waals surface area contributed by atoms with E-state index in [2.05, 4.69) is 98.1 Å². The van der Waals surface area contributed by atoms with Gasteiger partial charge in [-0.1, -0.05) is 83.9 Å². The van der Waals surface area contributed by atoms with Gasteiger partial charge in [0.1, 0.15) is 5.78 Å². The topological polar surface area (TPSA) is 61.8 Å².